The number of ether oxygens (including phenoxy) is 1. The molecular formula is C13H17N3O3S2. The number of rotatable bonds is 6. The maximum Gasteiger partial charge on any atom is 0.249 e. The summed E-state index contributed by atoms with van der Waals surface area (Å²) in [7, 11) is -1.86. The van der Waals surface area contributed by atoms with Crippen molar-refractivity contribution in [2.45, 2.75) is 11.1 Å². The summed E-state index contributed by atoms with van der Waals surface area (Å²) in [6, 6.07) is 7.80. The first-order valence-corrected chi connectivity index (χ1v) is 8.62. The van der Waals surface area contributed by atoms with E-state index in [0.717, 1.165) is 22.6 Å². The fraction of sp³-hybridized carbons (Fsp3) is 0.308. The van der Waals surface area contributed by atoms with Crippen molar-refractivity contribution in [1.29, 1.82) is 0 Å². The lowest BCUT2D eigenvalue weighted by Crippen LogP contribution is -2.23. The topological polar surface area (TPSA) is 85.5 Å². The molecule has 0 aliphatic carbocycles. The van der Waals surface area contributed by atoms with Crippen LogP contribution in [-0.2, 0) is 10.0 Å². The van der Waals surface area contributed by atoms with Gasteiger partial charge in [-0.1, -0.05) is 23.5 Å². The zero-order chi connectivity index (χ0) is 15.5. The Labute approximate surface area is 128 Å². The molecule has 0 aliphatic rings. The standard InChI is InChI=1S/C13H17N3O3S2/c1-10-4-3-5-11(8-10)19-7-6-16(2)13-15-9-12(20-13)21(14,17)18/h3-5,8-9H,6-7H2,1-2H3,(H2,14,17,18). The fourth-order valence-electron chi connectivity index (χ4n) is 1.66. The van der Waals surface area contributed by atoms with Gasteiger partial charge in [0.15, 0.2) is 9.34 Å². The molecular weight excluding hydrogens is 310 g/mol. The highest BCUT2D eigenvalue weighted by Gasteiger charge is 2.14. The second-order valence-electron chi connectivity index (χ2n) is 4.59. The molecule has 114 valence electrons. The second kappa shape index (κ2) is 6.42. The van der Waals surface area contributed by atoms with E-state index in [4.69, 9.17) is 9.88 Å². The molecule has 0 spiro atoms. The first-order chi connectivity index (χ1) is 9.86. The van der Waals surface area contributed by atoms with Crippen LogP contribution in [0.3, 0.4) is 0 Å². The van der Waals surface area contributed by atoms with Crippen molar-refractivity contribution in [2.75, 3.05) is 25.1 Å². The molecule has 0 saturated carbocycles. The van der Waals surface area contributed by atoms with Crippen LogP contribution >= 0.6 is 11.3 Å². The van der Waals surface area contributed by atoms with Gasteiger partial charge in [-0.15, -0.1) is 0 Å². The molecule has 1 aromatic heterocycles. The smallest absolute Gasteiger partial charge is 0.249 e. The van der Waals surface area contributed by atoms with Crippen LogP contribution in [0.1, 0.15) is 5.56 Å². The summed E-state index contributed by atoms with van der Waals surface area (Å²) in [5, 5.41) is 5.65. The largest absolute Gasteiger partial charge is 0.492 e. The van der Waals surface area contributed by atoms with Gasteiger partial charge < -0.3 is 9.64 Å². The first-order valence-electron chi connectivity index (χ1n) is 6.25. The van der Waals surface area contributed by atoms with Crippen LogP contribution in [0.5, 0.6) is 5.75 Å². The monoisotopic (exact) mass is 327 g/mol. The summed E-state index contributed by atoms with van der Waals surface area (Å²) in [5.41, 5.74) is 1.14. The highest BCUT2D eigenvalue weighted by atomic mass is 32.2. The van der Waals surface area contributed by atoms with Gasteiger partial charge in [-0.25, -0.2) is 18.5 Å². The summed E-state index contributed by atoms with van der Waals surface area (Å²) in [4.78, 5) is 5.88. The van der Waals surface area contributed by atoms with Gasteiger partial charge in [-0.05, 0) is 24.6 Å². The van der Waals surface area contributed by atoms with Gasteiger partial charge in [0.05, 0.1) is 12.7 Å². The molecule has 2 aromatic rings. The van der Waals surface area contributed by atoms with Gasteiger partial charge in [0.25, 0.3) is 0 Å². The second-order valence-corrected chi connectivity index (χ2v) is 7.39. The molecule has 2 rings (SSSR count). The number of hydrogen-bond acceptors (Lipinski definition) is 6. The predicted molar refractivity (Wildman–Crippen MR) is 83.4 cm³/mol. The summed E-state index contributed by atoms with van der Waals surface area (Å²) in [6.45, 7) is 3.07. The predicted octanol–water partition coefficient (Wildman–Crippen LogP) is 1.61. The summed E-state index contributed by atoms with van der Waals surface area (Å²) in [6.07, 6.45) is 1.27. The number of benzene rings is 1. The van der Waals surface area contributed by atoms with E-state index in [1.807, 2.05) is 43.1 Å². The number of nitrogens with zero attached hydrogens (tertiary/aromatic N) is 2. The minimum Gasteiger partial charge on any atom is -0.492 e. The number of hydrogen-bond donors (Lipinski definition) is 1. The van der Waals surface area contributed by atoms with Gasteiger partial charge in [0, 0.05) is 7.05 Å². The van der Waals surface area contributed by atoms with Crippen molar-refractivity contribution in [3.63, 3.8) is 0 Å². The average Bonchev–Trinajstić information content (AvgIpc) is 2.88. The van der Waals surface area contributed by atoms with E-state index in [9.17, 15) is 8.42 Å². The molecule has 0 aliphatic heterocycles. The third-order valence-corrected chi connectivity index (χ3v) is 5.28. The number of thiazole rings is 1. The third kappa shape index (κ3) is 4.42. The molecule has 0 unspecified atom stereocenters. The SMILES string of the molecule is Cc1cccc(OCCN(C)c2ncc(S(N)(=O)=O)s2)c1. The first kappa shape index (κ1) is 15.7. The van der Waals surface area contributed by atoms with Gasteiger partial charge >= 0.3 is 0 Å². The van der Waals surface area contributed by atoms with Crippen LogP contribution in [0.15, 0.2) is 34.7 Å². The van der Waals surface area contributed by atoms with Crippen molar-refractivity contribution in [2.24, 2.45) is 5.14 Å². The minimum atomic E-state index is -3.69. The molecule has 1 heterocycles. The molecule has 0 amide bonds. The van der Waals surface area contributed by atoms with E-state index in [2.05, 4.69) is 4.98 Å². The van der Waals surface area contributed by atoms with Crippen molar-refractivity contribution >= 4 is 26.5 Å². The lowest BCUT2D eigenvalue weighted by molar-refractivity contribution is 0.325. The molecule has 0 atom stereocenters. The Morgan fingerprint density at radius 2 is 2.19 bits per heavy atom. The molecule has 1 aromatic carbocycles. The lowest BCUT2D eigenvalue weighted by atomic mass is 10.2. The Balaban J connectivity index is 1.90. The van der Waals surface area contributed by atoms with E-state index in [1.54, 1.807) is 0 Å². The number of nitrogens with two attached hydrogens (primary N) is 1. The Morgan fingerprint density at radius 3 is 2.81 bits per heavy atom. The van der Waals surface area contributed by atoms with E-state index < -0.39 is 10.0 Å². The van der Waals surface area contributed by atoms with Crippen LogP contribution in [0.2, 0.25) is 0 Å². The Kier molecular flexibility index (Phi) is 4.81. The minimum absolute atomic E-state index is 0.0592. The van der Waals surface area contributed by atoms with Crippen molar-refractivity contribution in [1.82, 2.24) is 4.98 Å². The van der Waals surface area contributed by atoms with Gasteiger partial charge in [0.1, 0.15) is 12.4 Å². The summed E-state index contributed by atoms with van der Waals surface area (Å²) < 4.78 is 28.1. The number of primary sulfonamides is 1. The van der Waals surface area contributed by atoms with E-state index in [-0.39, 0.29) is 4.21 Å². The van der Waals surface area contributed by atoms with E-state index in [0.29, 0.717) is 18.3 Å². The van der Waals surface area contributed by atoms with Crippen LogP contribution in [0.25, 0.3) is 0 Å². The molecule has 0 fully saturated rings. The van der Waals surface area contributed by atoms with Gasteiger partial charge in [-0.2, -0.15) is 0 Å². The zero-order valence-corrected chi connectivity index (χ0v) is 13.4. The Morgan fingerprint density at radius 1 is 1.43 bits per heavy atom. The highest BCUT2D eigenvalue weighted by molar-refractivity contribution is 7.91. The summed E-state index contributed by atoms with van der Waals surface area (Å²) in [5.74, 6) is 0.813. The maximum atomic E-state index is 11.2. The highest BCUT2D eigenvalue weighted by Crippen LogP contribution is 2.24. The number of aromatic nitrogens is 1. The average molecular weight is 327 g/mol. The van der Waals surface area contributed by atoms with Crippen molar-refractivity contribution in [3.05, 3.63) is 36.0 Å². The fourth-order valence-corrected chi connectivity index (χ4v) is 3.19. The van der Waals surface area contributed by atoms with Crippen LogP contribution in [0.4, 0.5) is 5.13 Å². The normalized spacial score (nSPS) is 11.4. The van der Waals surface area contributed by atoms with Crippen LogP contribution < -0.4 is 14.8 Å². The maximum absolute atomic E-state index is 11.2. The number of likely N-dealkylation sites (N-methyl/N-ethyl adjacent to an activating group) is 1. The van der Waals surface area contributed by atoms with Gasteiger partial charge in [-0.3, -0.25) is 0 Å². The van der Waals surface area contributed by atoms with E-state index in [1.165, 1.54) is 6.20 Å². The quantitative estimate of drug-likeness (QED) is 0.871. The van der Waals surface area contributed by atoms with Crippen LogP contribution in [0, 0.1) is 6.92 Å². The van der Waals surface area contributed by atoms with Gasteiger partial charge in [0.2, 0.25) is 10.0 Å². The zero-order valence-electron chi connectivity index (χ0n) is 11.8. The Bertz CT molecular complexity index is 713. The van der Waals surface area contributed by atoms with Crippen molar-refractivity contribution in [3.8, 4) is 5.75 Å². The third-order valence-electron chi connectivity index (χ3n) is 2.76. The van der Waals surface area contributed by atoms with E-state index >= 15 is 0 Å². The number of anilines is 1. The molecule has 0 radical (unpaired) electrons. The molecule has 0 bridgehead atoms. The lowest BCUT2D eigenvalue weighted by Gasteiger charge is -2.16. The molecule has 0 saturated heterocycles. The molecule has 2 N–H and O–H groups in total. The molecule has 6 nitrogen and oxygen atoms in total. The Hall–Kier alpha value is -1.64. The molecule has 8 heteroatoms. The molecule has 21 heavy (non-hydrogen) atoms. The summed E-state index contributed by atoms with van der Waals surface area (Å²) >= 11 is 1.04. The number of sulfonamides is 1. The number of aryl methyl sites for hydroxylation is 1. The van der Waals surface area contributed by atoms with Crippen molar-refractivity contribution < 1.29 is 13.2 Å². The van der Waals surface area contributed by atoms with Crippen LogP contribution in [-0.4, -0.2) is 33.6 Å².